The molecule has 5 rings (SSSR count). The molecule has 0 saturated heterocycles. The number of amides is 1. The van der Waals surface area contributed by atoms with Crippen LogP contribution in [0.2, 0.25) is 0 Å². The molecule has 1 saturated carbocycles. The minimum atomic E-state index is -4.55. The van der Waals surface area contributed by atoms with E-state index in [1.807, 2.05) is 24.9 Å². The quantitative estimate of drug-likeness (QED) is 0.577. The van der Waals surface area contributed by atoms with E-state index in [1.165, 1.54) is 17.0 Å². The second-order valence-corrected chi connectivity index (χ2v) is 9.41. The van der Waals surface area contributed by atoms with Crippen LogP contribution in [0.3, 0.4) is 0 Å². The molecule has 2 aliphatic heterocycles. The molecule has 11 heteroatoms. The van der Waals surface area contributed by atoms with Crippen LogP contribution in [-0.4, -0.2) is 52.6 Å². The van der Waals surface area contributed by atoms with Crippen molar-refractivity contribution in [1.82, 2.24) is 15.3 Å². The van der Waals surface area contributed by atoms with E-state index in [9.17, 15) is 23.1 Å². The van der Waals surface area contributed by atoms with Gasteiger partial charge in [0, 0.05) is 19.0 Å². The number of benzene rings is 1. The summed E-state index contributed by atoms with van der Waals surface area (Å²) in [5.41, 5.74) is 3.01. The lowest BCUT2D eigenvalue weighted by Gasteiger charge is -2.33. The van der Waals surface area contributed by atoms with Crippen LogP contribution in [0.25, 0.3) is 0 Å². The van der Waals surface area contributed by atoms with Crippen molar-refractivity contribution >= 4 is 23.4 Å². The van der Waals surface area contributed by atoms with Crippen LogP contribution in [0.15, 0.2) is 35.4 Å². The average Bonchev–Trinajstić information content (AvgIpc) is 3.38. The Hall–Kier alpha value is -3.34. The van der Waals surface area contributed by atoms with Crippen LogP contribution in [0, 0.1) is 0 Å². The number of hydrogen-bond donors (Lipinski definition) is 3. The largest absolute Gasteiger partial charge is 0.416 e. The van der Waals surface area contributed by atoms with Gasteiger partial charge in [0.1, 0.15) is 24.1 Å². The molecule has 3 N–H and O–H groups in total. The summed E-state index contributed by atoms with van der Waals surface area (Å²) >= 11 is 0. The first kappa shape index (κ1) is 23.4. The molecule has 0 radical (unpaired) electrons. The number of amidine groups is 1. The fourth-order valence-electron chi connectivity index (χ4n) is 4.66. The lowest BCUT2D eigenvalue weighted by molar-refractivity contribution is -0.138. The Morgan fingerprint density at radius 2 is 2.09 bits per heavy atom. The normalized spacial score (nSPS) is 22.5. The number of fused-ring (bicyclic) bond motifs is 1. The van der Waals surface area contributed by atoms with Gasteiger partial charge in [0.15, 0.2) is 0 Å². The third kappa shape index (κ3) is 4.40. The topological polar surface area (TPSA) is 93.1 Å². The number of aromatic nitrogens is 1. The van der Waals surface area contributed by atoms with Gasteiger partial charge in [-0.05, 0) is 54.2 Å². The van der Waals surface area contributed by atoms with Crippen molar-refractivity contribution in [2.24, 2.45) is 5.10 Å². The Morgan fingerprint density at radius 1 is 1.29 bits per heavy atom. The standard InChI is InChI=1S/C24H27F3N6O2/c1-13(8-22-31-28-12-32(22)2)14-9-20(29-18-6-7-19(18)34)30-21(10-14)33-11-16-15(23(33)35)4-3-5-17(16)24(25,26)27/h3-5,9-10,13,18-19,28,34H,6-8,11-12H2,1-2H3,(H,29,30)/t13-,18-,19+/m1/s1. The number of pyridine rings is 1. The van der Waals surface area contributed by atoms with E-state index in [2.05, 4.69) is 20.8 Å². The monoisotopic (exact) mass is 488 g/mol. The first-order valence-electron chi connectivity index (χ1n) is 11.6. The van der Waals surface area contributed by atoms with Crippen LogP contribution >= 0.6 is 0 Å². The maximum absolute atomic E-state index is 13.6. The van der Waals surface area contributed by atoms with Crippen molar-refractivity contribution < 1.29 is 23.1 Å². The predicted octanol–water partition coefficient (Wildman–Crippen LogP) is 3.50. The van der Waals surface area contributed by atoms with Gasteiger partial charge >= 0.3 is 6.18 Å². The highest BCUT2D eigenvalue weighted by atomic mass is 19.4. The Balaban J connectivity index is 1.49. The van der Waals surface area contributed by atoms with Crippen molar-refractivity contribution in [1.29, 1.82) is 0 Å². The second kappa shape index (κ2) is 8.71. The number of carbonyl (C=O) groups excluding carboxylic acids is 1. The Morgan fingerprint density at radius 3 is 2.71 bits per heavy atom. The molecular formula is C24H27F3N6O2. The lowest BCUT2D eigenvalue weighted by atomic mass is 9.89. The smallest absolute Gasteiger partial charge is 0.391 e. The first-order chi connectivity index (χ1) is 16.6. The van der Waals surface area contributed by atoms with Gasteiger partial charge in [-0.1, -0.05) is 13.0 Å². The molecule has 3 atom stereocenters. The van der Waals surface area contributed by atoms with E-state index in [-0.39, 0.29) is 35.4 Å². The number of aliphatic hydroxyl groups excluding tert-OH is 1. The summed E-state index contributed by atoms with van der Waals surface area (Å²) in [4.78, 5) is 21.0. The second-order valence-electron chi connectivity index (χ2n) is 9.41. The number of nitrogens with one attached hydrogen (secondary N) is 2. The molecule has 1 fully saturated rings. The van der Waals surface area contributed by atoms with E-state index in [0.29, 0.717) is 25.3 Å². The van der Waals surface area contributed by atoms with Gasteiger partial charge in [-0.25, -0.2) is 4.98 Å². The molecule has 1 aromatic heterocycles. The zero-order valence-electron chi connectivity index (χ0n) is 19.4. The number of halogens is 3. The molecule has 2 aromatic rings. The van der Waals surface area contributed by atoms with Gasteiger partial charge in [0.05, 0.1) is 24.3 Å². The molecule has 0 unspecified atom stereocenters. The summed E-state index contributed by atoms with van der Waals surface area (Å²) in [6, 6.07) is 7.15. The van der Waals surface area contributed by atoms with Crippen LogP contribution in [-0.2, 0) is 12.7 Å². The molecule has 1 aliphatic carbocycles. The van der Waals surface area contributed by atoms with E-state index in [1.54, 1.807) is 6.07 Å². The molecule has 1 aromatic carbocycles. The fraction of sp³-hybridized carbons (Fsp3) is 0.458. The maximum Gasteiger partial charge on any atom is 0.416 e. The first-order valence-corrected chi connectivity index (χ1v) is 11.6. The highest BCUT2D eigenvalue weighted by Gasteiger charge is 2.40. The number of rotatable bonds is 6. The Labute approximate surface area is 200 Å². The minimum absolute atomic E-state index is 0.00414. The summed E-state index contributed by atoms with van der Waals surface area (Å²) in [6.07, 6.45) is -2.93. The van der Waals surface area contributed by atoms with E-state index in [0.717, 1.165) is 23.9 Å². The fourth-order valence-corrected chi connectivity index (χ4v) is 4.66. The number of nitrogens with zero attached hydrogens (tertiary/aromatic N) is 4. The van der Waals surface area contributed by atoms with Crippen LogP contribution in [0.5, 0.6) is 0 Å². The molecular weight excluding hydrogens is 461 g/mol. The molecule has 3 heterocycles. The van der Waals surface area contributed by atoms with E-state index in [4.69, 9.17) is 0 Å². The van der Waals surface area contributed by atoms with Gasteiger partial charge in [-0.15, -0.1) is 0 Å². The molecule has 0 spiro atoms. The third-order valence-corrected chi connectivity index (χ3v) is 6.97. The van der Waals surface area contributed by atoms with Crippen LogP contribution in [0.4, 0.5) is 24.8 Å². The summed E-state index contributed by atoms with van der Waals surface area (Å²) < 4.78 is 40.8. The molecule has 8 nitrogen and oxygen atoms in total. The highest BCUT2D eigenvalue weighted by Crippen LogP contribution is 2.39. The predicted molar refractivity (Wildman–Crippen MR) is 125 cm³/mol. The van der Waals surface area contributed by atoms with Crippen LogP contribution in [0.1, 0.15) is 59.2 Å². The Bertz CT molecular complexity index is 1180. The zero-order valence-corrected chi connectivity index (χ0v) is 19.4. The molecule has 3 aliphatic rings. The lowest BCUT2D eigenvalue weighted by Crippen LogP contribution is -2.43. The third-order valence-electron chi connectivity index (χ3n) is 6.97. The average molecular weight is 489 g/mol. The summed E-state index contributed by atoms with van der Waals surface area (Å²) in [5.74, 6) is 1.13. The molecule has 0 bridgehead atoms. The van der Waals surface area contributed by atoms with E-state index < -0.39 is 23.8 Å². The van der Waals surface area contributed by atoms with Gasteiger partial charge in [-0.3, -0.25) is 15.1 Å². The zero-order chi connectivity index (χ0) is 24.9. The molecule has 1 amide bonds. The van der Waals surface area contributed by atoms with Gasteiger partial charge < -0.3 is 15.3 Å². The van der Waals surface area contributed by atoms with Crippen molar-refractivity contribution in [2.45, 2.75) is 57.0 Å². The minimum Gasteiger partial charge on any atom is -0.391 e. The molecule has 186 valence electrons. The number of hydrazone groups is 1. The highest BCUT2D eigenvalue weighted by molar-refractivity contribution is 6.10. The SMILES string of the molecule is C[C@H](CC1=NNCN1C)c1cc(N[C@@H]2CC[C@@H]2O)nc(N2Cc3c(cccc3C(F)(F)F)C2=O)c1. The van der Waals surface area contributed by atoms with Crippen molar-refractivity contribution in [3.63, 3.8) is 0 Å². The van der Waals surface area contributed by atoms with Crippen molar-refractivity contribution in [2.75, 3.05) is 23.9 Å². The molecule has 35 heavy (non-hydrogen) atoms. The number of aliphatic hydroxyl groups is 1. The van der Waals surface area contributed by atoms with Gasteiger partial charge in [-0.2, -0.15) is 18.3 Å². The Kier molecular flexibility index (Phi) is 5.82. The van der Waals surface area contributed by atoms with Crippen molar-refractivity contribution in [3.8, 4) is 0 Å². The van der Waals surface area contributed by atoms with Crippen molar-refractivity contribution in [3.05, 3.63) is 52.6 Å². The number of hydrogen-bond acceptors (Lipinski definition) is 7. The summed E-state index contributed by atoms with van der Waals surface area (Å²) in [7, 11) is 1.94. The number of anilines is 2. The summed E-state index contributed by atoms with van der Waals surface area (Å²) in [5, 5.41) is 17.6. The number of alkyl halides is 3. The van der Waals surface area contributed by atoms with Gasteiger partial charge in [0.2, 0.25) is 0 Å². The van der Waals surface area contributed by atoms with Gasteiger partial charge in [0.25, 0.3) is 5.91 Å². The van der Waals surface area contributed by atoms with Crippen LogP contribution < -0.4 is 15.6 Å². The van der Waals surface area contributed by atoms with E-state index >= 15 is 0 Å². The summed E-state index contributed by atoms with van der Waals surface area (Å²) in [6.45, 7) is 2.44. The maximum atomic E-state index is 13.6. The number of carbonyl (C=O) groups is 1.